The first-order valence-corrected chi connectivity index (χ1v) is 11.0. The SMILES string of the molecule is CC(Cc1ccncc1)NCc1ccc(C(=O)Nc2cc(-c3ccccc3)ccc2O)cc1. The van der Waals surface area contributed by atoms with Crippen LogP contribution >= 0.6 is 0 Å². The molecule has 33 heavy (non-hydrogen) atoms. The van der Waals surface area contributed by atoms with Crippen molar-refractivity contribution in [3.63, 3.8) is 0 Å². The molecule has 1 unspecified atom stereocenters. The van der Waals surface area contributed by atoms with Gasteiger partial charge in [-0.15, -0.1) is 0 Å². The Morgan fingerprint density at radius 1 is 0.879 bits per heavy atom. The van der Waals surface area contributed by atoms with Gasteiger partial charge in [0.2, 0.25) is 0 Å². The molecule has 0 saturated heterocycles. The minimum atomic E-state index is -0.263. The normalized spacial score (nSPS) is 11.7. The van der Waals surface area contributed by atoms with Crippen LogP contribution in [0.25, 0.3) is 11.1 Å². The first-order valence-electron chi connectivity index (χ1n) is 11.0. The first-order chi connectivity index (χ1) is 16.1. The fourth-order valence-electron chi connectivity index (χ4n) is 3.65. The number of amides is 1. The summed E-state index contributed by atoms with van der Waals surface area (Å²) >= 11 is 0. The van der Waals surface area contributed by atoms with Gasteiger partial charge >= 0.3 is 0 Å². The molecule has 1 heterocycles. The number of carbonyl (C=O) groups is 1. The molecule has 0 radical (unpaired) electrons. The zero-order valence-electron chi connectivity index (χ0n) is 18.5. The Morgan fingerprint density at radius 3 is 2.33 bits per heavy atom. The van der Waals surface area contributed by atoms with Gasteiger partial charge in [0.1, 0.15) is 5.75 Å². The van der Waals surface area contributed by atoms with Crippen molar-refractivity contribution in [2.45, 2.75) is 25.9 Å². The highest BCUT2D eigenvalue weighted by atomic mass is 16.3. The van der Waals surface area contributed by atoms with Crippen LogP contribution in [0.3, 0.4) is 0 Å². The van der Waals surface area contributed by atoms with Crippen molar-refractivity contribution >= 4 is 11.6 Å². The van der Waals surface area contributed by atoms with E-state index in [9.17, 15) is 9.90 Å². The zero-order valence-corrected chi connectivity index (χ0v) is 18.5. The molecular formula is C28H27N3O2. The summed E-state index contributed by atoms with van der Waals surface area (Å²) in [6, 6.07) is 26.9. The summed E-state index contributed by atoms with van der Waals surface area (Å²) in [4.78, 5) is 16.8. The summed E-state index contributed by atoms with van der Waals surface area (Å²) in [6.07, 6.45) is 4.54. The van der Waals surface area contributed by atoms with Crippen molar-refractivity contribution in [1.82, 2.24) is 10.3 Å². The largest absolute Gasteiger partial charge is 0.506 e. The fourth-order valence-corrected chi connectivity index (χ4v) is 3.65. The van der Waals surface area contributed by atoms with Gasteiger partial charge in [0, 0.05) is 30.5 Å². The molecule has 1 atom stereocenters. The molecule has 0 bridgehead atoms. The van der Waals surface area contributed by atoms with Crippen molar-refractivity contribution in [3.8, 4) is 16.9 Å². The van der Waals surface area contributed by atoms with Gasteiger partial charge in [-0.05, 0) is 72.0 Å². The average molecular weight is 438 g/mol. The number of aromatic nitrogens is 1. The van der Waals surface area contributed by atoms with E-state index in [4.69, 9.17) is 0 Å². The van der Waals surface area contributed by atoms with Gasteiger partial charge in [0.15, 0.2) is 0 Å². The lowest BCUT2D eigenvalue weighted by atomic mass is 10.0. The van der Waals surface area contributed by atoms with Crippen LogP contribution in [0.4, 0.5) is 5.69 Å². The molecule has 0 fully saturated rings. The van der Waals surface area contributed by atoms with Crippen LogP contribution < -0.4 is 10.6 Å². The maximum atomic E-state index is 12.8. The molecule has 3 N–H and O–H groups in total. The molecule has 1 aromatic heterocycles. The van der Waals surface area contributed by atoms with Crippen LogP contribution in [0.1, 0.15) is 28.4 Å². The van der Waals surface area contributed by atoms with E-state index in [1.54, 1.807) is 24.3 Å². The van der Waals surface area contributed by atoms with E-state index in [0.717, 1.165) is 23.1 Å². The Morgan fingerprint density at radius 2 is 1.61 bits per heavy atom. The van der Waals surface area contributed by atoms with Crippen LogP contribution in [0, 0.1) is 0 Å². The number of phenolic OH excluding ortho intramolecular Hbond substituents is 1. The Bertz CT molecular complexity index is 1190. The summed E-state index contributed by atoms with van der Waals surface area (Å²) in [5, 5.41) is 16.6. The van der Waals surface area contributed by atoms with Gasteiger partial charge in [-0.1, -0.05) is 48.5 Å². The van der Waals surface area contributed by atoms with Crippen molar-refractivity contribution in [2.24, 2.45) is 0 Å². The van der Waals surface area contributed by atoms with Gasteiger partial charge in [0.05, 0.1) is 5.69 Å². The number of phenols is 1. The number of benzene rings is 3. The van der Waals surface area contributed by atoms with Crippen LogP contribution in [0.2, 0.25) is 0 Å². The van der Waals surface area contributed by atoms with E-state index in [1.807, 2.05) is 73.1 Å². The third-order valence-electron chi connectivity index (χ3n) is 5.51. The smallest absolute Gasteiger partial charge is 0.255 e. The number of anilines is 1. The summed E-state index contributed by atoms with van der Waals surface area (Å²) < 4.78 is 0. The topological polar surface area (TPSA) is 74.2 Å². The Balaban J connectivity index is 1.36. The summed E-state index contributed by atoms with van der Waals surface area (Å²) in [7, 11) is 0. The fraction of sp³-hybridized carbons (Fsp3) is 0.143. The minimum absolute atomic E-state index is 0.0343. The molecule has 0 aliphatic carbocycles. The number of pyridine rings is 1. The minimum Gasteiger partial charge on any atom is -0.506 e. The zero-order chi connectivity index (χ0) is 23.0. The van der Waals surface area contributed by atoms with E-state index >= 15 is 0 Å². The van der Waals surface area contributed by atoms with Crippen LogP contribution in [-0.2, 0) is 13.0 Å². The molecule has 5 nitrogen and oxygen atoms in total. The average Bonchev–Trinajstić information content (AvgIpc) is 2.85. The van der Waals surface area contributed by atoms with Gasteiger partial charge in [0.25, 0.3) is 5.91 Å². The number of aromatic hydroxyl groups is 1. The van der Waals surface area contributed by atoms with Crippen LogP contribution in [0.15, 0.2) is 97.3 Å². The number of nitrogens with zero attached hydrogens (tertiary/aromatic N) is 1. The highest BCUT2D eigenvalue weighted by Crippen LogP contribution is 2.30. The third kappa shape index (κ3) is 6.05. The molecule has 0 spiro atoms. The first kappa shape index (κ1) is 22.2. The second-order valence-electron chi connectivity index (χ2n) is 8.09. The van der Waals surface area contributed by atoms with E-state index in [2.05, 4.69) is 22.5 Å². The van der Waals surface area contributed by atoms with E-state index < -0.39 is 0 Å². The van der Waals surface area contributed by atoms with E-state index in [1.165, 1.54) is 5.56 Å². The second kappa shape index (κ2) is 10.6. The molecule has 0 aliphatic rings. The number of nitrogens with one attached hydrogen (secondary N) is 2. The number of hydrogen-bond donors (Lipinski definition) is 3. The standard InChI is InChI=1S/C28H27N3O2/c1-20(17-21-13-15-29-16-14-21)30-19-22-7-9-24(10-8-22)28(33)31-26-18-25(11-12-27(26)32)23-5-3-2-4-6-23/h2-16,18,20,30,32H,17,19H2,1H3,(H,31,33). The second-order valence-corrected chi connectivity index (χ2v) is 8.09. The number of hydrogen-bond acceptors (Lipinski definition) is 4. The summed E-state index contributed by atoms with van der Waals surface area (Å²) in [5.74, 6) is -0.229. The van der Waals surface area contributed by atoms with Gasteiger partial charge in [-0.3, -0.25) is 9.78 Å². The number of rotatable bonds is 8. The monoisotopic (exact) mass is 437 g/mol. The maximum Gasteiger partial charge on any atom is 0.255 e. The van der Waals surface area contributed by atoms with Crippen molar-refractivity contribution in [2.75, 3.05) is 5.32 Å². The highest BCUT2D eigenvalue weighted by Gasteiger charge is 2.11. The van der Waals surface area contributed by atoms with Gasteiger partial charge in [-0.25, -0.2) is 0 Å². The predicted octanol–water partition coefficient (Wildman–Crippen LogP) is 5.43. The van der Waals surface area contributed by atoms with Gasteiger partial charge < -0.3 is 15.7 Å². The molecule has 1 amide bonds. The third-order valence-corrected chi connectivity index (χ3v) is 5.51. The molecule has 4 rings (SSSR count). The molecule has 0 aliphatic heterocycles. The molecule has 3 aromatic carbocycles. The quantitative estimate of drug-likeness (QED) is 0.322. The highest BCUT2D eigenvalue weighted by molar-refractivity contribution is 6.05. The molecule has 4 aromatic rings. The van der Waals surface area contributed by atoms with Crippen molar-refractivity contribution in [3.05, 3.63) is 114 Å². The molecule has 166 valence electrons. The summed E-state index contributed by atoms with van der Waals surface area (Å²) in [6.45, 7) is 2.87. The molecule has 0 saturated carbocycles. The lowest BCUT2D eigenvalue weighted by Crippen LogP contribution is -2.27. The van der Waals surface area contributed by atoms with Crippen molar-refractivity contribution in [1.29, 1.82) is 0 Å². The maximum absolute atomic E-state index is 12.8. The predicted molar refractivity (Wildman–Crippen MR) is 132 cm³/mol. The Hall–Kier alpha value is -3.96. The molecular weight excluding hydrogens is 410 g/mol. The Labute approximate surface area is 194 Å². The van der Waals surface area contributed by atoms with Crippen LogP contribution in [-0.4, -0.2) is 22.0 Å². The van der Waals surface area contributed by atoms with Crippen molar-refractivity contribution < 1.29 is 9.90 Å². The lowest BCUT2D eigenvalue weighted by molar-refractivity contribution is 0.102. The molecule has 5 heteroatoms. The van der Waals surface area contributed by atoms with E-state index in [0.29, 0.717) is 23.8 Å². The van der Waals surface area contributed by atoms with Gasteiger partial charge in [-0.2, -0.15) is 0 Å². The van der Waals surface area contributed by atoms with Crippen LogP contribution in [0.5, 0.6) is 5.75 Å². The number of carbonyl (C=O) groups excluding carboxylic acids is 1. The Kier molecular flexibility index (Phi) is 7.12. The summed E-state index contributed by atoms with van der Waals surface area (Å²) in [5.41, 5.74) is 5.21. The van der Waals surface area contributed by atoms with E-state index in [-0.39, 0.29) is 11.7 Å². The lowest BCUT2D eigenvalue weighted by Gasteiger charge is -2.14.